The molecular formula is C17H25N7O4S. The van der Waals surface area contributed by atoms with Crippen molar-refractivity contribution in [3.8, 4) is 5.69 Å². The van der Waals surface area contributed by atoms with Gasteiger partial charge in [0.1, 0.15) is 6.33 Å². The van der Waals surface area contributed by atoms with Crippen LogP contribution in [0.5, 0.6) is 0 Å². The summed E-state index contributed by atoms with van der Waals surface area (Å²) in [6.45, 7) is 6.18. The van der Waals surface area contributed by atoms with Gasteiger partial charge in [0.2, 0.25) is 10.0 Å². The van der Waals surface area contributed by atoms with Gasteiger partial charge in [-0.1, -0.05) is 6.07 Å². The Bertz CT molecular complexity index is 939. The molecule has 1 fully saturated rings. The van der Waals surface area contributed by atoms with Gasteiger partial charge in [0.05, 0.1) is 23.6 Å². The number of rotatable bonds is 6. The number of nitrogens with zero attached hydrogens (tertiary/aromatic N) is 5. The number of benzene rings is 1. The van der Waals surface area contributed by atoms with Gasteiger partial charge in [-0.05, 0) is 48.9 Å². The van der Waals surface area contributed by atoms with Gasteiger partial charge < -0.3 is 15.4 Å². The fourth-order valence-electron chi connectivity index (χ4n) is 3.11. The lowest BCUT2D eigenvalue weighted by molar-refractivity contribution is -0.0440. The van der Waals surface area contributed by atoms with Gasteiger partial charge in [0, 0.05) is 25.3 Å². The monoisotopic (exact) mass is 423 g/mol. The molecule has 0 radical (unpaired) electrons. The molecule has 1 saturated heterocycles. The highest BCUT2D eigenvalue weighted by atomic mass is 32.2. The van der Waals surface area contributed by atoms with Gasteiger partial charge in [0.25, 0.3) is 0 Å². The van der Waals surface area contributed by atoms with Gasteiger partial charge >= 0.3 is 6.03 Å². The van der Waals surface area contributed by atoms with Crippen molar-refractivity contribution in [2.45, 2.75) is 33.0 Å². The van der Waals surface area contributed by atoms with Crippen LogP contribution in [0.15, 0.2) is 24.5 Å². The molecule has 2 heterocycles. The molecule has 1 aromatic carbocycles. The fraction of sp³-hybridized carbons (Fsp3) is 0.529. The summed E-state index contributed by atoms with van der Waals surface area (Å²) < 4.78 is 33.5. The lowest BCUT2D eigenvalue weighted by Gasteiger charge is -2.34. The average molecular weight is 423 g/mol. The summed E-state index contributed by atoms with van der Waals surface area (Å²) in [5.74, 6) is -0.177. The Morgan fingerprint density at radius 1 is 1.28 bits per heavy atom. The number of hydrogen-bond acceptors (Lipinski definition) is 7. The average Bonchev–Trinajstić information content (AvgIpc) is 3.17. The van der Waals surface area contributed by atoms with E-state index >= 15 is 0 Å². The molecule has 0 aliphatic carbocycles. The summed E-state index contributed by atoms with van der Waals surface area (Å²) in [7, 11) is -3.48. The fourth-order valence-corrected chi connectivity index (χ4v) is 4.61. The zero-order valence-electron chi connectivity index (χ0n) is 16.6. The third-order valence-corrected chi connectivity index (χ3v) is 6.31. The van der Waals surface area contributed by atoms with Crippen LogP contribution in [0.2, 0.25) is 0 Å². The highest BCUT2D eigenvalue weighted by Crippen LogP contribution is 2.19. The Kier molecular flexibility index (Phi) is 6.45. The van der Waals surface area contributed by atoms with E-state index in [0.717, 1.165) is 5.56 Å². The number of morpholine rings is 1. The second kappa shape index (κ2) is 8.84. The molecule has 0 spiro atoms. The normalized spacial score (nSPS) is 20.4. The summed E-state index contributed by atoms with van der Waals surface area (Å²) in [4.78, 5) is 12.2. The maximum atomic E-state index is 12.5. The lowest BCUT2D eigenvalue weighted by Crippen LogP contribution is -2.49. The van der Waals surface area contributed by atoms with E-state index in [9.17, 15) is 13.2 Å². The summed E-state index contributed by atoms with van der Waals surface area (Å²) in [6.07, 6.45) is 1.15. The smallest absolute Gasteiger partial charge is 0.319 e. The van der Waals surface area contributed by atoms with Crippen molar-refractivity contribution < 1.29 is 17.9 Å². The van der Waals surface area contributed by atoms with E-state index in [1.165, 1.54) is 15.3 Å². The first-order valence-electron chi connectivity index (χ1n) is 9.27. The molecule has 2 N–H and O–H groups in total. The molecule has 29 heavy (non-hydrogen) atoms. The first-order chi connectivity index (χ1) is 13.7. The predicted octanol–water partition coefficient (Wildman–Crippen LogP) is 0.531. The van der Waals surface area contributed by atoms with Crippen LogP contribution in [0.3, 0.4) is 0 Å². The lowest BCUT2D eigenvalue weighted by atomic mass is 10.2. The maximum absolute atomic E-state index is 12.5. The molecule has 12 heteroatoms. The van der Waals surface area contributed by atoms with E-state index < -0.39 is 16.1 Å². The Morgan fingerprint density at radius 2 is 2.00 bits per heavy atom. The molecule has 0 saturated carbocycles. The highest BCUT2D eigenvalue weighted by Gasteiger charge is 2.30. The van der Waals surface area contributed by atoms with Crippen LogP contribution in [0, 0.1) is 6.92 Å². The van der Waals surface area contributed by atoms with E-state index in [4.69, 9.17) is 4.74 Å². The van der Waals surface area contributed by atoms with E-state index in [1.54, 1.807) is 6.07 Å². The van der Waals surface area contributed by atoms with Crippen molar-refractivity contribution >= 4 is 21.7 Å². The van der Waals surface area contributed by atoms with Crippen molar-refractivity contribution in [3.63, 3.8) is 0 Å². The summed E-state index contributed by atoms with van der Waals surface area (Å²) >= 11 is 0. The van der Waals surface area contributed by atoms with Crippen LogP contribution < -0.4 is 10.6 Å². The van der Waals surface area contributed by atoms with Crippen molar-refractivity contribution in [1.82, 2.24) is 29.8 Å². The summed E-state index contributed by atoms with van der Waals surface area (Å²) in [5, 5.41) is 16.3. The molecule has 158 valence electrons. The minimum absolute atomic E-state index is 0.0000200. The molecule has 3 rings (SSSR count). The molecule has 0 unspecified atom stereocenters. The Balaban J connectivity index is 1.54. The molecular weight excluding hydrogens is 398 g/mol. The van der Waals surface area contributed by atoms with Crippen molar-refractivity contribution in [1.29, 1.82) is 0 Å². The minimum Gasteiger partial charge on any atom is -0.373 e. The van der Waals surface area contributed by atoms with E-state index in [-0.39, 0.29) is 24.5 Å². The van der Waals surface area contributed by atoms with Crippen molar-refractivity contribution in [2.75, 3.05) is 30.7 Å². The summed E-state index contributed by atoms with van der Waals surface area (Å²) in [5.41, 5.74) is 2.11. The molecule has 2 amide bonds. The number of carbonyl (C=O) groups excluding carboxylic acids is 1. The standard InChI is InChI=1S/C17H25N7O4S/c1-12-4-5-15(24-11-19-21-22-24)8-16(12)20-17(25)18-6-7-29(26,27)23-9-13(2)28-14(3)10-23/h4-5,8,11,13-14H,6-7,9-10H2,1-3H3,(H2,18,20,25)/t13-,14-/m0/s1. The van der Waals surface area contributed by atoms with Crippen molar-refractivity contribution in [3.05, 3.63) is 30.1 Å². The van der Waals surface area contributed by atoms with Crippen LogP contribution >= 0.6 is 0 Å². The van der Waals surface area contributed by atoms with Gasteiger partial charge in [-0.2, -0.15) is 4.31 Å². The summed E-state index contributed by atoms with van der Waals surface area (Å²) in [6, 6.07) is 4.91. The van der Waals surface area contributed by atoms with Gasteiger partial charge in [-0.15, -0.1) is 5.10 Å². The topological polar surface area (TPSA) is 131 Å². The van der Waals surface area contributed by atoms with Crippen molar-refractivity contribution in [2.24, 2.45) is 0 Å². The Labute approximate surface area is 169 Å². The third-order valence-electron chi connectivity index (χ3n) is 4.51. The van der Waals surface area contributed by atoms with Crippen LogP contribution in [0.4, 0.5) is 10.5 Å². The number of hydrogen-bond donors (Lipinski definition) is 2. The highest BCUT2D eigenvalue weighted by molar-refractivity contribution is 7.89. The molecule has 1 aromatic heterocycles. The predicted molar refractivity (Wildman–Crippen MR) is 106 cm³/mol. The second-order valence-corrected chi connectivity index (χ2v) is 9.11. The molecule has 1 aliphatic rings. The number of tetrazole rings is 1. The first kappa shape index (κ1) is 21.1. The molecule has 11 nitrogen and oxygen atoms in total. The zero-order valence-corrected chi connectivity index (χ0v) is 17.4. The number of amides is 2. The molecule has 2 aromatic rings. The minimum atomic E-state index is -3.48. The number of urea groups is 1. The third kappa shape index (κ3) is 5.49. The quantitative estimate of drug-likeness (QED) is 0.693. The van der Waals surface area contributed by atoms with Crippen LogP contribution in [-0.2, 0) is 14.8 Å². The number of aromatic nitrogens is 4. The van der Waals surface area contributed by atoms with E-state index in [2.05, 4.69) is 26.2 Å². The number of sulfonamides is 1. The van der Waals surface area contributed by atoms with Crippen LogP contribution in [-0.4, -0.2) is 76.6 Å². The van der Waals surface area contributed by atoms with Crippen LogP contribution in [0.1, 0.15) is 19.4 Å². The Hall–Kier alpha value is -2.57. The molecule has 1 aliphatic heterocycles. The number of carbonyl (C=O) groups is 1. The number of nitrogens with one attached hydrogen (secondary N) is 2. The SMILES string of the molecule is Cc1ccc(-n2cnnn2)cc1NC(=O)NCCS(=O)(=O)N1C[C@H](C)O[C@@H](C)C1. The first-order valence-corrected chi connectivity index (χ1v) is 10.9. The van der Waals surface area contributed by atoms with Gasteiger partial charge in [-0.25, -0.2) is 17.9 Å². The van der Waals surface area contributed by atoms with Crippen LogP contribution in [0.25, 0.3) is 5.69 Å². The number of anilines is 1. The second-order valence-electron chi connectivity index (χ2n) is 7.02. The number of ether oxygens (including phenoxy) is 1. The molecule has 2 atom stereocenters. The van der Waals surface area contributed by atoms with E-state index in [0.29, 0.717) is 24.5 Å². The largest absolute Gasteiger partial charge is 0.373 e. The number of aryl methyl sites for hydroxylation is 1. The Morgan fingerprint density at radius 3 is 2.66 bits per heavy atom. The maximum Gasteiger partial charge on any atom is 0.319 e. The zero-order chi connectivity index (χ0) is 21.0. The van der Waals surface area contributed by atoms with E-state index in [1.807, 2.05) is 32.9 Å². The van der Waals surface area contributed by atoms with Gasteiger partial charge in [-0.3, -0.25) is 0 Å². The molecule has 0 bridgehead atoms. The van der Waals surface area contributed by atoms with Gasteiger partial charge in [0.15, 0.2) is 0 Å².